The largest absolute Gasteiger partial charge is 0.294 e. The zero-order valence-electron chi connectivity index (χ0n) is 13.6. The van der Waals surface area contributed by atoms with Crippen molar-refractivity contribution in [1.29, 1.82) is 0 Å². The van der Waals surface area contributed by atoms with E-state index in [1.54, 1.807) is 10.9 Å². The fraction of sp³-hybridized carbons (Fsp3) is 0.474. The number of rotatable bonds is 4. The van der Waals surface area contributed by atoms with Crippen LogP contribution in [0.2, 0.25) is 0 Å². The molecule has 2 atom stereocenters. The van der Waals surface area contributed by atoms with Crippen molar-refractivity contribution < 1.29 is 4.79 Å². The molecule has 0 spiro atoms. The molecule has 2 bridgehead atoms. The third kappa shape index (κ3) is 2.83. The van der Waals surface area contributed by atoms with Gasteiger partial charge in [0.1, 0.15) is 0 Å². The summed E-state index contributed by atoms with van der Waals surface area (Å²) in [6.07, 6.45) is 8.01. The second-order valence-electron chi connectivity index (χ2n) is 6.98. The Hall–Kier alpha value is -1.94. The van der Waals surface area contributed by atoms with Gasteiger partial charge in [-0.05, 0) is 31.2 Å². The fourth-order valence-electron chi connectivity index (χ4n) is 4.32. The number of carbonyl (C=O) groups excluding carboxylic acids is 1. The maximum absolute atomic E-state index is 12.7. The summed E-state index contributed by atoms with van der Waals surface area (Å²) < 4.78 is 1.71. The predicted molar refractivity (Wildman–Crippen MR) is 89.1 cm³/mol. The van der Waals surface area contributed by atoms with E-state index in [9.17, 15) is 4.79 Å². The summed E-state index contributed by atoms with van der Waals surface area (Å²) in [5, 5.41) is 4.14. The highest BCUT2D eigenvalue weighted by molar-refractivity contribution is 5.97. The van der Waals surface area contributed by atoms with Crippen LogP contribution in [0.4, 0.5) is 0 Å². The number of nitrogens with zero attached hydrogens (tertiary/aromatic N) is 3. The van der Waals surface area contributed by atoms with Crippen molar-refractivity contribution in [3.05, 3.63) is 53.9 Å². The quantitative estimate of drug-likeness (QED) is 0.815. The second kappa shape index (κ2) is 5.93. The molecule has 4 heteroatoms. The average Bonchev–Trinajstić information content (AvgIpc) is 3.08. The van der Waals surface area contributed by atoms with E-state index in [0.717, 1.165) is 24.9 Å². The summed E-state index contributed by atoms with van der Waals surface area (Å²) in [6.45, 7) is 1.02. The minimum atomic E-state index is 0.170. The van der Waals surface area contributed by atoms with Crippen LogP contribution in [0.25, 0.3) is 0 Å². The van der Waals surface area contributed by atoms with E-state index in [0.29, 0.717) is 12.1 Å². The van der Waals surface area contributed by atoms with Crippen LogP contribution in [0.15, 0.2) is 42.7 Å². The van der Waals surface area contributed by atoms with Gasteiger partial charge in [-0.2, -0.15) is 5.10 Å². The molecule has 120 valence electrons. The summed E-state index contributed by atoms with van der Waals surface area (Å²) in [7, 11) is 1.86. The van der Waals surface area contributed by atoms with Gasteiger partial charge < -0.3 is 0 Å². The number of carbonyl (C=O) groups is 1. The second-order valence-corrected chi connectivity index (χ2v) is 6.98. The van der Waals surface area contributed by atoms with Gasteiger partial charge in [0.05, 0.1) is 11.8 Å². The molecule has 2 unspecified atom stereocenters. The fourth-order valence-corrected chi connectivity index (χ4v) is 4.32. The molecule has 1 aromatic heterocycles. The highest BCUT2D eigenvalue weighted by Crippen LogP contribution is 2.40. The van der Waals surface area contributed by atoms with Crippen LogP contribution in [0.5, 0.6) is 0 Å². The molecule has 4 rings (SSSR count). The number of benzene rings is 1. The molecular formula is C19H23N3O. The van der Waals surface area contributed by atoms with Crippen LogP contribution >= 0.6 is 0 Å². The number of piperidine rings is 1. The highest BCUT2D eigenvalue weighted by atomic mass is 16.1. The average molecular weight is 309 g/mol. The first-order chi connectivity index (χ1) is 11.2. The molecule has 4 nitrogen and oxygen atoms in total. The lowest BCUT2D eigenvalue weighted by Crippen LogP contribution is -2.44. The van der Waals surface area contributed by atoms with Gasteiger partial charge in [0.15, 0.2) is 5.78 Å². The van der Waals surface area contributed by atoms with Crippen molar-refractivity contribution in [3.63, 3.8) is 0 Å². The van der Waals surface area contributed by atoms with Crippen LogP contribution in [0, 0.1) is 5.92 Å². The van der Waals surface area contributed by atoms with Gasteiger partial charge in [-0.25, -0.2) is 0 Å². The van der Waals surface area contributed by atoms with Crippen molar-refractivity contribution in [2.45, 2.75) is 44.3 Å². The van der Waals surface area contributed by atoms with Crippen molar-refractivity contribution in [2.75, 3.05) is 0 Å². The predicted octanol–water partition coefficient (Wildman–Crippen LogP) is 3.05. The van der Waals surface area contributed by atoms with Gasteiger partial charge in [0.25, 0.3) is 0 Å². The molecule has 2 aliphatic rings. The summed E-state index contributed by atoms with van der Waals surface area (Å²) >= 11 is 0. The lowest BCUT2D eigenvalue weighted by Gasteiger charge is -2.38. The molecular weight excluding hydrogens is 286 g/mol. The summed E-state index contributed by atoms with van der Waals surface area (Å²) in [4.78, 5) is 15.4. The number of fused-ring (bicyclic) bond motifs is 2. The van der Waals surface area contributed by atoms with Crippen LogP contribution in [-0.4, -0.2) is 32.5 Å². The molecule has 0 radical (unpaired) electrons. The van der Waals surface area contributed by atoms with Gasteiger partial charge in [-0.1, -0.05) is 30.3 Å². The van der Waals surface area contributed by atoms with Gasteiger partial charge in [-0.15, -0.1) is 0 Å². The van der Waals surface area contributed by atoms with Crippen molar-refractivity contribution in [1.82, 2.24) is 14.7 Å². The van der Waals surface area contributed by atoms with Crippen molar-refractivity contribution in [3.8, 4) is 0 Å². The Morgan fingerprint density at radius 1 is 1.17 bits per heavy atom. The number of ketones is 1. The Balaban J connectivity index is 1.46. The van der Waals surface area contributed by atoms with Crippen LogP contribution in [0.1, 0.15) is 41.6 Å². The molecule has 0 aliphatic carbocycles. The van der Waals surface area contributed by atoms with E-state index in [2.05, 4.69) is 40.3 Å². The number of hydrogen-bond acceptors (Lipinski definition) is 3. The number of aromatic nitrogens is 2. The third-order valence-corrected chi connectivity index (χ3v) is 5.45. The van der Waals surface area contributed by atoms with Crippen LogP contribution in [0.3, 0.4) is 0 Å². The monoisotopic (exact) mass is 309 g/mol. The van der Waals surface area contributed by atoms with E-state index >= 15 is 0 Å². The van der Waals surface area contributed by atoms with E-state index in [4.69, 9.17) is 0 Å². The molecule has 23 heavy (non-hydrogen) atoms. The van der Waals surface area contributed by atoms with E-state index in [1.165, 1.54) is 18.4 Å². The van der Waals surface area contributed by atoms with Crippen molar-refractivity contribution in [2.24, 2.45) is 13.0 Å². The standard InChI is InChI=1S/C19H23N3O/c1-21-13-16(11-20-21)19(23)15-9-17-7-8-18(10-15)22(17)12-14-5-3-2-4-6-14/h2-6,11,13,15,17-18H,7-10,12H2,1H3. The first-order valence-corrected chi connectivity index (χ1v) is 8.53. The molecule has 2 aliphatic heterocycles. The Bertz CT molecular complexity index is 680. The van der Waals surface area contributed by atoms with Crippen LogP contribution in [-0.2, 0) is 13.6 Å². The summed E-state index contributed by atoms with van der Waals surface area (Å²) in [5.74, 6) is 0.457. The Morgan fingerprint density at radius 3 is 2.48 bits per heavy atom. The van der Waals surface area contributed by atoms with Gasteiger partial charge in [-0.3, -0.25) is 14.4 Å². The molecule has 2 saturated heterocycles. The Labute approximate surface area is 137 Å². The molecule has 1 aromatic carbocycles. The van der Waals surface area contributed by atoms with Gasteiger partial charge in [0.2, 0.25) is 0 Å². The smallest absolute Gasteiger partial charge is 0.169 e. The third-order valence-electron chi connectivity index (χ3n) is 5.45. The maximum Gasteiger partial charge on any atom is 0.169 e. The minimum absolute atomic E-state index is 0.170. The Morgan fingerprint density at radius 2 is 1.87 bits per heavy atom. The van der Waals surface area contributed by atoms with Crippen LogP contribution < -0.4 is 0 Å². The van der Waals surface area contributed by atoms with Gasteiger partial charge >= 0.3 is 0 Å². The normalized spacial score (nSPS) is 27.3. The molecule has 0 amide bonds. The number of Topliss-reactive ketones (excluding diaryl/α,β-unsaturated/α-hetero) is 1. The van der Waals surface area contributed by atoms with Gasteiger partial charge in [0, 0.05) is 37.8 Å². The van der Waals surface area contributed by atoms with Crippen molar-refractivity contribution >= 4 is 5.78 Å². The minimum Gasteiger partial charge on any atom is -0.294 e. The Kier molecular flexibility index (Phi) is 3.77. The first-order valence-electron chi connectivity index (χ1n) is 8.53. The van der Waals surface area contributed by atoms with E-state index in [1.807, 2.05) is 13.2 Å². The summed E-state index contributed by atoms with van der Waals surface area (Å²) in [6, 6.07) is 11.8. The highest BCUT2D eigenvalue weighted by Gasteiger charge is 2.42. The topological polar surface area (TPSA) is 38.1 Å². The molecule has 0 saturated carbocycles. The SMILES string of the molecule is Cn1cc(C(=O)C2CC3CCC(C2)N3Cc2ccccc2)cn1. The molecule has 3 heterocycles. The van der Waals surface area contributed by atoms with E-state index in [-0.39, 0.29) is 11.7 Å². The number of hydrogen-bond donors (Lipinski definition) is 0. The molecule has 2 fully saturated rings. The first kappa shape index (κ1) is 14.6. The number of aryl methyl sites for hydroxylation is 1. The zero-order valence-corrected chi connectivity index (χ0v) is 13.6. The molecule has 0 N–H and O–H groups in total. The maximum atomic E-state index is 12.7. The lowest BCUT2D eigenvalue weighted by molar-refractivity contribution is 0.0678. The zero-order chi connectivity index (χ0) is 15.8. The van der Waals surface area contributed by atoms with E-state index < -0.39 is 0 Å². The molecule has 2 aromatic rings. The lowest BCUT2D eigenvalue weighted by atomic mass is 9.85. The summed E-state index contributed by atoms with van der Waals surface area (Å²) in [5.41, 5.74) is 2.15.